The monoisotopic (exact) mass is 411 g/mol. The van der Waals surface area contributed by atoms with Crippen LogP contribution in [0.15, 0.2) is 18.2 Å². The number of nitrogens with one attached hydrogen (secondary N) is 1. The van der Waals surface area contributed by atoms with Gasteiger partial charge >= 0.3 is 5.97 Å². The summed E-state index contributed by atoms with van der Waals surface area (Å²) in [4.78, 5) is 11.3. The maximum absolute atomic E-state index is 11.3. The van der Waals surface area contributed by atoms with Crippen LogP contribution >= 0.6 is 0 Å². The van der Waals surface area contributed by atoms with Gasteiger partial charge in [-0.1, -0.05) is 26.8 Å². The fourth-order valence-corrected chi connectivity index (χ4v) is 3.18. The van der Waals surface area contributed by atoms with Gasteiger partial charge in [-0.25, -0.2) is 4.79 Å². The highest BCUT2D eigenvalue weighted by Gasteiger charge is 2.48. The summed E-state index contributed by atoms with van der Waals surface area (Å²) in [6, 6.07) is 5.56. The van der Waals surface area contributed by atoms with Gasteiger partial charge in [-0.15, -0.1) is 0 Å². The second kappa shape index (κ2) is 8.47. The van der Waals surface area contributed by atoms with E-state index in [2.05, 4.69) is 26.1 Å². The Kier molecular flexibility index (Phi) is 6.84. The van der Waals surface area contributed by atoms with Crippen molar-refractivity contribution < 1.29 is 34.7 Å². The van der Waals surface area contributed by atoms with Gasteiger partial charge in [0.2, 0.25) is 6.29 Å². The molecule has 0 amide bonds. The lowest BCUT2D eigenvalue weighted by atomic mass is 9.88. The van der Waals surface area contributed by atoms with Gasteiger partial charge in [0.15, 0.2) is 6.10 Å². The summed E-state index contributed by atoms with van der Waals surface area (Å²) in [5.74, 6) is -1.11. The lowest BCUT2D eigenvalue weighted by Crippen LogP contribution is -2.61. The molecule has 1 heterocycles. The molecule has 2 rings (SSSR count). The van der Waals surface area contributed by atoms with Crippen molar-refractivity contribution in [2.45, 2.75) is 84.2 Å². The number of aliphatic hydroxyl groups excluding tert-OH is 3. The summed E-state index contributed by atoms with van der Waals surface area (Å²) < 4.78 is 11.0. The number of rotatable bonds is 5. The third-order valence-corrected chi connectivity index (χ3v) is 4.34. The van der Waals surface area contributed by atoms with E-state index in [0.29, 0.717) is 11.4 Å². The van der Waals surface area contributed by atoms with Crippen molar-refractivity contribution >= 4 is 11.7 Å². The molecule has 0 radical (unpaired) electrons. The maximum atomic E-state index is 11.3. The zero-order chi connectivity index (χ0) is 22.1. The molecule has 1 aromatic carbocycles. The third-order valence-electron chi connectivity index (χ3n) is 4.34. The summed E-state index contributed by atoms with van der Waals surface area (Å²) in [6.45, 7) is 12.4. The number of carboxylic acid groups (broad SMARTS) is 1. The summed E-state index contributed by atoms with van der Waals surface area (Å²) >= 11 is 0. The molecule has 5 unspecified atom stereocenters. The maximum Gasteiger partial charge on any atom is 0.335 e. The predicted octanol–water partition coefficient (Wildman–Crippen LogP) is 1.76. The van der Waals surface area contributed by atoms with Gasteiger partial charge in [0, 0.05) is 5.54 Å². The van der Waals surface area contributed by atoms with Crippen LogP contribution in [0.25, 0.3) is 0 Å². The van der Waals surface area contributed by atoms with Crippen LogP contribution in [-0.2, 0) is 16.0 Å². The topological polar surface area (TPSA) is 128 Å². The van der Waals surface area contributed by atoms with Crippen molar-refractivity contribution in [3.05, 3.63) is 23.8 Å². The second-order valence-electron chi connectivity index (χ2n) is 9.80. The number of ether oxygens (including phenoxy) is 2. The summed E-state index contributed by atoms with van der Waals surface area (Å²) in [7, 11) is 0. The molecule has 0 aromatic heterocycles. The molecule has 0 aliphatic carbocycles. The van der Waals surface area contributed by atoms with E-state index in [1.807, 2.05) is 32.9 Å². The minimum absolute atomic E-state index is 0.0823. The summed E-state index contributed by atoms with van der Waals surface area (Å²) in [6.07, 6.45) is -7.42. The molecular formula is C21H33NO7. The van der Waals surface area contributed by atoms with E-state index in [1.165, 1.54) is 0 Å². The average Bonchev–Trinajstić information content (AvgIpc) is 2.54. The average molecular weight is 411 g/mol. The largest absolute Gasteiger partial charge is 0.479 e. The Bertz CT molecular complexity index is 723. The summed E-state index contributed by atoms with van der Waals surface area (Å²) in [5, 5.41) is 42.6. The molecule has 1 aliphatic rings. The van der Waals surface area contributed by atoms with E-state index in [4.69, 9.17) is 9.47 Å². The zero-order valence-electron chi connectivity index (χ0n) is 17.8. The highest BCUT2D eigenvalue weighted by molar-refractivity contribution is 5.73. The van der Waals surface area contributed by atoms with Crippen LogP contribution in [0.2, 0.25) is 0 Å². The molecule has 0 saturated carbocycles. The van der Waals surface area contributed by atoms with E-state index in [-0.39, 0.29) is 11.0 Å². The van der Waals surface area contributed by atoms with E-state index in [0.717, 1.165) is 12.0 Å². The van der Waals surface area contributed by atoms with Gasteiger partial charge < -0.3 is 35.2 Å². The highest BCUT2D eigenvalue weighted by Crippen LogP contribution is 2.34. The molecule has 5 N–H and O–H groups in total. The van der Waals surface area contributed by atoms with Gasteiger partial charge in [0.05, 0.1) is 5.69 Å². The minimum Gasteiger partial charge on any atom is -0.479 e. The number of carboxylic acids is 1. The lowest BCUT2D eigenvalue weighted by Gasteiger charge is -2.39. The number of aliphatic hydroxyl groups is 3. The number of carbonyl (C=O) groups is 1. The normalized spacial score (nSPS) is 28.1. The van der Waals surface area contributed by atoms with Crippen LogP contribution in [0.3, 0.4) is 0 Å². The van der Waals surface area contributed by atoms with Crippen molar-refractivity contribution in [2.24, 2.45) is 5.41 Å². The molecule has 29 heavy (non-hydrogen) atoms. The first-order valence-corrected chi connectivity index (χ1v) is 9.68. The van der Waals surface area contributed by atoms with Crippen molar-refractivity contribution in [3.63, 3.8) is 0 Å². The Hall–Kier alpha value is -1.87. The van der Waals surface area contributed by atoms with E-state index < -0.39 is 36.7 Å². The smallest absolute Gasteiger partial charge is 0.335 e. The van der Waals surface area contributed by atoms with E-state index in [1.54, 1.807) is 6.07 Å². The first-order chi connectivity index (χ1) is 13.2. The molecule has 1 saturated heterocycles. The Morgan fingerprint density at radius 2 is 1.69 bits per heavy atom. The molecule has 1 aliphatic heterocycles. The molecule has 5 atom stereocenters. The minimum atomic E-state index is -1.76. The Morgan fingerprint density at radius 1 is 1.07 bits per heavy atom. The first kappa shape index (κ1) is 23.4. The molecular weight excluding hydrogens is 378 g/mol. The SMILES string of the molecule is CC(C)(C)Cc1ccc(OC2OC(C(=O)O)C(O)C(O)C2O)c(NC(C)(C)C)c1. The van der Waals surface area contributed by atoms with Crippen molar-refractivity contribution in [3.8, 4) is 5.75 Å². The van der Waals surface area contributed by atoms with E-state index in [9.17, 15) is 25.2 Å². The highest BCUT2D eigenvalue weighted by atomic mass is 16.7. The molecule has 0 bridgehead atoms. The third kappa shape index (κ3) is 6.30. The van der Waals surface area contributed by atoms with Crippen LogP contribution in [0.5, 0.6) is 5.75 Å². The Morgan fingerprint density at radius 3 is 2.21 bits per heavy atom. The van der Waals surface area contributed by atoms with Gasteiger partial charge in [-0.2, -0.15) is 0 Å². The summed E-state index contributed by atoms with van der Waals surface area (Å²) in [5.41, 5.74) is 1.53. The predicted molar refractivity (Wildman–Crippen MR) is 108 cm³/mol. The fourth-order valence-electron chi connectivity index (χ4n) is 3.18. The van der Waals surface area contributed by atoms with Crippen LogP contribution in [-0.4, -0.2) is 62.6 Å². The van der Waals surface area contributed by atoms with Crippen molar-refractivity contribution in [2.75, 3.05) is 5.32 Å². The van der Waals surface area contributed by atoms with E-state index >= 15 is 0 Å². The first-order valence-electron chi connectivity index (χ1n) is 9.68. The van der Waals surface area contributed by atoms with Gasteiger partial charge in [-0.3, -0.25) is 0 Å². The Labute approximate surface area is 171 Å². The molecule has 0 spiro atoms. The van der Waals surface area contributed by atoms with Crippen LogP contribution in [0, 0.1) is 5.41 Å². The van der Waals surface area contributed by atoms with Crippen LogP contribution in [0.1, 0.15) is 47.1 Å². The standard InChI is InChI=1S/C21H33NO7/c1-20(2,3)10-11-7-8-13(12(9-11)22-21(4,5)6)28-19-16(25)14(23)15(24)17(29-19)18(26)27/h7-9,14-17,19,22-25H,10H2,1-6H3,(H,26,27). The molecule has 8 heteroatoms. The van der Waals surface area contributed by atoms with Crippen molar-refractivity contribution in [1.82, 2.24) is 0 Å². The number of hydrogen-bond acceptors (Lipinski definition) is 7. The molecule has 8 nitrogen and oxygen atoms in total. The molecule has 1 aromatic rings. The fraction of sp³-hybridized carbons (Fsp3) is 0.667. The Balaban J connectivity index is 2.33. The number of anilines is 1. The second-order valence-corrected chi connectivity index (χ2v) is 9.80. The lowest BCUT2D eigenvalue weighted by molar-refractivity contribution is -0.271. The van der Waals surface area contributed by atoms with Gasteiger partial charge in [-0.05, 0) is 50.3 Å². The zero-order valence-corrected chi connectivity index (χ0v) is 17.8. The van der Waals surface area contributed by atoms with Gasteiger partial charge in [0.1, 0.15) is 24.1 Å². The quantitative estimate of drug-likeness (QED) is 0.496. The number of aliphatic carboxylic acids is 1. The molecule has 164 valence electrons. The number of hydrogen-bond donors (Lipinski definition) is 5. The van der Waals surface area contributed by atoms with Crippen LogP contribution < -0.4 is 10.1 Å². The van der Waals surface area contributed by atoms with Gasteiger partial charge in [0.25, 0.3) is 0 Å². The van der Waals surface area contributed by atoms with Crippen LogP contribution in [0.4, 0.5) is 5.69 Å². The van der Waals surface area contributed by atoms with Crippen molar-refractivity contribution in [1.29, 1.82) is 0 Å². The number of benzene rings is 1. The molecule has 1 fully saturated rings.